The summed E-state index contributed by atoms with van der Waals surface area (Å²) in [5.74, 6) is -0.497. The summed E-state index contributed by atoms with van der Waals surface area (Å²) in [6, 6.07) is 13.9. The lowest BCUT2D eigenvalue weighted by Crippen LogP contribution is -2.32. The van der Waals surface area contributed by atoms with Gasteiger partial charge in [0.2, 0.25) is 0 Å². The van der Waals surface area contributed by atoms with Crippen LogP contribution in [0.4, 0.5) is 0 Å². The summed E-state index contributed by atoms with van der Waals surface area (Å²) in [6.45, 7) is 2.71. The summed E-state index contributed by atoms with van der Waals surface area (Å²) in [5, 5.41) is 1.19. The Hall–Kier alpha value is -2.04. The van der Waals surface area contributed by atoms with E-state index in [0.29, 0.717) is 28.8 Å². The Bertz CT molecular complexity index is 714. The first kappa shape index (κ1) is 19.3. The lowest BCUT2D eigenvalue weighted by Gasteiger charge is -2.23. The van der Waals surface area contributed by atoms with Gasteiger partial charge >= 0.3 is 5.97 Å². The molecule has 0 aliphatic carbocycles. The monoisotopic (exact) mass is 379 g/mol. The Kier molecular flexibility index (Phi) is 7.29. The van der Waals surface area contributed by atoms with Crippen LogP contribution < -0.4 is 0 Å². The summed E-state index contributed by atoms with van der Waals surface area (Å²) in [5.41, 5.74) is 1.44. The highest BCUT2D eigenvalue weighted by atomic mass is 35.5. The number of halogens is 2. The normalized spacial score (nSPS) is 10.4. The number of benzene rings is 2. The van der Waals surface area contributed by atoms with Crippen molar-refractivity contribution in [2.45, 2.75) is 19.9 Å². The van der Waals surface area contributed by atoms with Crippen LogP contribution >= 0.6 is 23.2 Å². The molecule has 0 atom stereocenters. The number of hydrogen-bond acceptors (Lipinski definition) is 3. The number of esters is 1. The van der Waals surface area contributed by atoms with E-state index < -0.39 is 0 Å². The molecule has 0 saturated heterocycles. The molecule has 1 amide bonds. The summed E-state index contributed by atoms with van der Waals surface area (Å²) < 4.78 is 4.95. The predicted octanol–water partition coefficient (Wildman–Crippen LogP) is 4.59. The van der Waals surface area contributed by atoms with Gasteiger partial charge in [-0.2, -0.15) is 0 Å². The first-order chi connectivity index (χ1) is 12.0. The van der Waals surface area contributed by atoms with Crippen molar-refractivity contribution < 1.29 is 14.3 Å². The summed E-state index contributed by atoms with van der Waals surface area (Å²) >= 11 is 11.8. The van der Waals surface area contributed by atoms with Crippen LogP contribution in [0.3, 0.4) is 0 Å². The van der Waals surface area contributed by atoms with Crippen molar-refractivity contribution in [3.63, 3.8) is 0 Å². The summed E-state index contributed by atoms with van der Waals surface area (Å²) in [4.78, 5) is 26.1. The van der Waals surface area contributed by atoms with Crippen LogP contribution in [0.25, 0.3) is 0 Å². The van der Waals surface area contributed by atoms with Gasteiger partial charge in [-0.1, -0.05) is 35.3 Å². The standard InChI is InChI=1S/C19H19Cl2NO3/c1-2-25-18(23)11-12-22(13-14-3-7-16(20)8-4-14)19(24)15-5-9-17(21)10-6-15/h3-10H,2,11-13H2,1H3. The van der Waals surface area contributed by atoms with E-state index in [1.54, 1.807) is 48.2 Å². The van der Waals surface area contributed by atoms with Crippen LogP contribution in [0, 0.1) is 0 Å². The molecule has 6 heteroatoms. The molecule has 0 bridgehead atoms. The van der Waals surface area contributed by atoms with Crippen molar-refractivity contribution in [3.8, 4) is 0 Å². The minimum atomic E-state index is -0.326. The number of amides is 1. The molecular formula is C19H19Cl2NO3. The van der Waals surface area contributed by atoms with Crippen LogP contribution in [0.2, 0.25) is 10.0 Å². The van der Waals surface area contributed by atoms with Gasteiger partial charge < -0.3 is 9.64 Å². The molecule has 0 N–H and O–H groups in total. The fourth-order valence-corrected chi connectivity index (χ4v) is 2.55. The van der Waals surface area contributed by atoms with E-state index in [0.717, 1.165) is 5.56 Å². The molecule has 2 rings (SSSR count). The molecule has 0 heterocycles. The third kappa shape index (κ3) is 6.07. The van der Waals surface area contributed by atoms with Gasteiger partial charge in [0.15, 0.2) is 0 Å². The van der Waals surface area contributed by atoms with Crippen molar-refractivity contribution in [3.05, 3.63) is 69.7 Å². The van der Waals surface area contributed by atoms with E-state index in [2.05, 4.69) is 0 Å². The maximum Gasteiger partial charge on any atom is 0.307 e. The topological polar surface area (TPSA) is 46.6 Å². The minimum Gasteiger partial charge on any atom is -0.466 e. The maximum absolute atomic E-state index is 12.8. The van der Waals surface area contributed by atoms with Crippen molar-refractivity contribution in [1.82, 2.24) is 4.90 Å². The van der Waals surface area contributed by atoms with Gasteiger partial charge in [-0.15, -0.1) is 0 Å². The van der Waals surface area contributed by atoms with Crippen LogP contribution in [-0.2, 0) is 16.1 Å². The van der Waals surface area contributed by atoms with Crippen molar-refractivity contribution >= 4 is 35.1 Å². The third-order valence-corrected chi connectivity index (χ3v) is 4.06. The zero-order chi connectivity index (χ0) is 18.2. The molecule has 0 aromatic heterocycles. The van der Waals surface area contributed by atoms with Crippen molar-refractivity contribution in [1.29, 1.82) is 0 Å². The van der Waals surface area contributed by atoms with E-state index in [1.165, 1.54) is 0 Å². The number of nitrogens with zero attached hydrogens (tertiary/aromatic N) is 1. The number of hydrogen-bond donors (Lipinski definition) is 0. The van der Waals surface area contributed by atoms with Gasteiger partial charge in [-0.05, 0) is 48.9 Å². The van der Waals surface area contributed by atoms with E-state index in [-0.39, 0.29) is 24.8 Å². The van der Waals surface area contributed by atoms with E-state index in [1.807, 2.05) is 12.1 Å². The highest BCUT2D eigenvalue weighted by molar-refractivity contribution is 6.30. The van der Waals surface area contributed by atoms with Gasteiger partial charge in [0.1, 0.15) is 0 Å². The van der Waals surface area contributed by atoms with Gasteiger partial charge in [0, 0.05) is 28.7 Å². The molecule has 0 spiro atoms. The number of rotatable bonds is 7. The molecule has 2 aromatic carbocycles. The highest BCUT2D eigenvalue weighted by Crippen LogP contribution is 2.16. The Balaban J connectivity index is 2.14. The fraction of sp³-hybridized carbons (Fsp3) is 0.263. The molecule has 25 heavy (non-hydrogen) atoms. The molecule has 0 radical (unpaired) electrons. The first-order valence-electron chi connectivity index (χ1n) is 7.94. The second-order valence-electron chi connectivity index (χ2n) is 5.42. The van der Waals surface area contributed by atoms with Crippen molar-refractivity contribution in [2.24, 2.45) is 0 Å². The summed E-state index contributed by atoms with van der Waals surface area (Å²) in [7, 11) is 0. The molecule has 4 nitrogen and oxygen atoms in total. The lowest BCUT2D eigenvalue weighted by atomic mass is 10.1. The molecule has 0 saturated carbocycles. The predicted molar refractivity (Wildman–Crippen MR) is 98.9 cm³/mol. The quantitative estimate of drug-likeness (QED) is 0.660. The Morgan fingerprint density at radius 3 is 2.08 bits per heavy atom. The maximum atomic E-state index is 12.8. The van der Waals surface area contributed by atoms with Gasteiger partial charge in [-0.25, -0.2) is 0 Å². The van der Waals surface area contributed by atoms with Gasteiger partial charge in [0.25, 0.3) is 5.91 Å². The summed E-state index contributed by atoms with van der Waals surface area (Å²) in [6.07, 6.45) is 0.140. The fourth-order valence-electron chi connectivity index (χ4n) is 2.30. The molecule has 0 aliphatic rings. The van der Waals surface area contributed by atoms with Crippen LogP contribution in [0.15, 0.2) is 48.5 Å². The third-order valence-electron chi connectivity index (χ3n) is 3.56. The molecule has 0 unspecified atom stereocenters. The second kappa shape index (κ2) is 9.44. The average molecular weight is 380 g/mol. The minimum absolute atomic E-state index is 0.140. The zero-order valence-electron chi connectivity index (χ0n) is 13.9. The molecule has 2 aromatic rings. The van der Waals surface area contributed by atoms with Crippen LogP contribution in [0.5, 0.6) is 0 Å². The SMILES string of the molecule is CCOC(=O)CCN(Cc1ccc(Cl)cc1)C(=O)c1ccc(Cl)cc1. The number of ether oxygens (including phenoxy) is 1. The Morgan fingerprint density at radius 1 is 0.960 bits per heavy atom. The first-order valence-corrected chi connectivity index (χ1v) is 8.70. The lowest BCUT2D eigenvalue weighted by molar-refractivity contribution is -0.143. The van der Waals surface area contributed by atoms with Gasteiger partial charge in [-0.3, -0.25) is 9.59 Å². The van der Waals surface area contributed by atoms with E-state index in [4.69, 9.17) is 27.9 Å². The number of carbonyl (C=O) groups is 2. The highest BCUT2D eigenvalue weighted by Gasteiger charge is 2.18. The van der Waals surface area contributed by atoms with E-state index >= 15 is 0 Å². The van der Waals surface area contributed by atoms with Gasteiger partial charge in [0.05, 0.1) is 13.0 Å². The smallest absolute Gasteiger partial charge is 0.307 e. The Labute approximate surface area is 157 Å². The van der Waals surface area contributed by atoms with E-state index in [9.17, 15) is 9.59 Å². The Morgan fingerprint density at radius 2 is 1.52 bits per heavy atom. The molecule has 0 aliphatic heterocycles. The zero-order valence-corrected chi connectivity index (χ0v) is 15.4. The van der Waals surface area contributed by atoms with Crippen molar-refractivity contribution in [2.75, 3.05) is 13.2 Å². The van der Waals surface area contributed by atoms with Crippen LogP contribution in [-0.4, -0.2) is 29.9 Å². The largest absolute Gasteiger partial charge is 0.466 e. The molecular weight excluding hydrogens is 361 g/mol. The second-order valence-corrected chi connectivity index (χ2v) is 6.29. The average Bonchev–Trinajstić information content (AvgIpc) is 2.60. The molecule has 132 valence electrons. The molecule has 0 fully saturated rings. The number of carbonyl (C=O) groups excluding carboxylic acids is 2. The van der Waals surface area contributed by atoms with Crippen LogP contribution in [0.1, 0.15) is 29.3 Å².